The van der Waals surface area contributed by atoms with E-state index in [9.17, 15) is 9.59 Å². The van der Waals surface area contributed by atoms with Crippen LogP contribution in [0.15, 0.2) is 18.2 Å². The second-order valence-corrected chi connectivity index (χ2v) is 5.21. The van der Waals surface area contributed by atoms with Gasteiger partial charge in [-0.05, 0) is 38.0 Å². The Bertz CT molecular complexity index is 503. The van der Waals surface area contributed by atoms with E-state index in [1.54, 1.807) is 25.1 Å². The molecule has 0 spiro atoms. The van der Waals surface area contributed by atoms with Crippen LogP contribution in [-0.2, 0) is 9.59 Å². The minimum Gasteiger partial charge on any atom is -0.393 e. The number of nitrogens with zero attached hydrogens (tertiary/aromatic N) is 1. The molecule has 0 radical (unpaired) electrons. The number of rotatable bonds is 4. The van der Waals surface area contributed by atoms with E-state index in [1.165, 1.54) is 11.9 Å². The average Bonchev–Trinajstić information content (AvgIpc) is 2.38. The first-order valence-electron chi connectivity index (χ1n) is 6.32. The first-order valence-corrected chi connectivity index (χ1v) is 6.69. The third-order valence-electron chi connectivity index (χ3n) is 2.80. The molecule has 1 unspecified atom stereocenters. The Morgan fingerprint density at radius 2 is 2.10 bits per heavy atom. The SMILES string of the molecule is Cc1ccc(NC(=O)C(=O)N(C)CCC(C)O)c(Cl)c1. The Balaban J connectivity index is 2.63. The first kappa shape index (κ1) is 16.5. The number of halogens is 1. The van der Waals surface area contributed by atoms with Crippen molar-refractivity contribution in [2.75, 3.05) is 18.9 Å². The summed E-state index contributed by atoms with van der Waals surface area (Å²) in [5.41, 5.74) is 1.37. The summed E-state index contributed by atoms with van der Waals surface area (Å²) in [6.45, 7) is 3.82. The lowest BCUT2D eigenvalue weighted by atomic mass is 10.2. The van der Waals surface area contributed by atoms with Gasteiger partial charge in [-0.2, -0.15) is 0 Å². The van der Waals surface area contributed by atoms with Crippen LogP contribution in [0.3, 0.4) is 0 Å². The zero-order valence-electron chi connectivity index (χ0n) is 11.8. The van der Waals surface area contributed by atoms with Gasteiger partial charge in [-0.25, -0.2) is 0 Å². The maximum Gasteiger partial charge on any atom is 0.313 e. The van der Waals surface area contributed by atoms with Gasteiger partial charge in [0, 0.05) is 13.6 Å². The molecular weight excluding hydrogens is 280 g/mol. The van der Waals surface area contributed by atoms with Crippen LogP contribution >= 0.6 is 11.6 Å². The second kappa shape index (κ2) is 7.26. The number of aryl methyl sites for hydroxylation is 1. The molecule has 0 saturated heterocycles. The van der Waals surface area contributed by atoms with E-state index < -0.39 is 17.9 Å². The fourth-order valence-electron chi connectivity index (χ4n) is 1.55. The molecule has 0 aliphatic carbocycles. The number of nitrogens with one attached hydrogen (secondary N) is 1. The van der Waals surface area contributed by atoms with Gasteiger partial charge in [-0.1, -0.05) is 17.7 Å². The molecule has 5 nitrogen and oxygen atoms in total. The molecule has 0 aliphatic heterocycles. The molecule has 1 atom stereocenters. The summed E-state index contributed by atoms with van der Waals surface area (Å²) in [4.78, 5) is 24.9. The number of aliphatic hydroxyl groups is 1. The summed E-state index contributed by atoms with van der Waals surface area (Å²) in [6.07, 6.45) is -0.0966. The normalized spacial score (nSPS) is 11.8. The Kier molecular flexibility index (Phi) is 5.98. The average molecular weight is 299 g/mol. The molecule has 20 heavy (non-hydrogen) atoms. The molecule has 0 aliphatic rings. The number of anilines is 1. The smallest absolute Gasteiger partial charge is 0.313 e. The minimum absolute atomic E-state index is 0.311. The van der Waals surface area contributed by atoms with E-state index in [-0.39, 0.29) is 0 Å². The quantitative estimate of drug-likeness (QED) is 0.833. The highest BCUT2D eigenvalue weighted by Crippen LogP contribution is 2.22. The fraction of sp³-hybridized carbons (Fsp3) is 0.429. The van der Waals surface area contributed by atoms with Crippen LogP contribution in [-0.4, -0.2) is 41.5 Å². The minimum atomic E-state index is -0.746. The zero-order valence-corrected chi connectivity index (χ0v) is 12.6. The monoisotopic (exact) mass is 298 g/mol. The molecule has 0 heterocycles. The highest BCUT2D eigenvalue weighted by molar-refractivity contribution is 6.41. The van der Waals surface area contributed by atoms with Crippen molar-refractivity contribution in [3.05, 3.63) is 28.8 Å². The van der Waals surface area contributed by atoms with Crippen LogP contribution in [0.4, 0.5) is 5.69 Å². The van der Waals surface area contributed by atoms with Gasteiger partial charge >= 0.3 is 11.8 Å². The van der Waals surface area contributed by atoms with Crippen molar-refractivity contribution < 1.29 is 14.7 Å². The molecule has 0 fully saturated rings. The third kappa shape index (κ3) is 4.83. The predicted molar refractivity (Wildman–Crippen MR) is 78.8 cm³/mol. The van der Waals surface area contributed by atoms with Gasteiger partial charge in [-0.3, -0.25) is 9.59 Å². The molecule has 6 heteroatoms. The highest BCUT2D eigenvalue weighted by atomic mass is 35.5. The van der Waals surface area contributed by atoms with Crippen molar-refractivity contribution in [2.24, 2.45) is 0 Å². The summed E-state index contributed by atoms with van der Waals surface area (Å²) in [7, 11) is 1.51. The predicted octanol–water partition coefficient (Wildman–Crippen LogP) is 1.82. The highest BCUT2D eigenvalue weighted by Gasteiger charge is 2.19. The van der Waals surface area contributed by atoms with E-state index >= 15 is 0 Å². The van der Waals surface area contributed by atoms with Crippen LogP contribution in [0.5, 0.6) is 0 Å². The van der Waals surface area contributed by atoms with Crippen LogP contribution < -0.4 is 5.32 Å². The lowest BCUT2D eigenvalue weighted by Crippen LogP contribution is -2.38. The molecule has 1 aromatic carbocycles. The van der Waals surface area contributed by atoms with Crippen molar-refractivity contribution in [1.82, 2.24) is 4.90 Å². The van der Waals surface area contributed by atoms with Crippen molar-refractivity contribution in [2.45, 2.75) is 26.4 Å². The summed E-state index contributed by atoms with van der Waals surface area (Å²) >= 11 is 5.99. The summed E-state index contributed by atoms with van der Waals surface area (Å²) < 4.78 is 0. The molecule has 2 N–H and O–H groups in total. The van der Waals surface area contributed by atoms with Crippen LogP contribution in [0, 0.1) is 6.92 Å². The largest absolute Gasteiger partial charge is 0.393 e. The maximum atomic E-state index is 11.8. The molecule has 0 aromatic heterocycles. The number of likely N-dealkylation sites (N-methyl/N-ethyl adjacent to an activating group) is 1. The van der Waals surface area contributed by atoms with Gasteiger partial charge < -0.3 is 15.3 Å². The van der Waals surface area contributed by atoms with Crippen molar-refractivity contribution in [3.63, 3.8) is 0 Å². The fourth-order valence-corrected chi connectivity index (χ4v) is 1.84. The third-order valence-corrected chi connectivity index (χ3v) is 3.11. The van der Waals surface area contributed by atoms with Crippen molar-refractivity contribution in [3.8, 4) is 0 Å². The second-order valence-electron chi connectivity index (χ2n) is 4.80. The Hall–Kier alpha value is -1.59. The standard InChI is InChI=1S/C14H19ClN2O3/c1-9-4-5-12(11(15)8-9)16-13(19)14(20)17(3)7-6-10(2)18/h4-5,8,10,18H,6-7H2,1-3H3,(H,16,19). The topological polar surface area (TPSA) is 69.6 Å². The number of aliphatic hydroxyl groups excluding tert-OH is 1. The number of carbonyl (C=O) groups excluding carboxylic acids is 2. The molecule has 1 rings (SSSR count). The lowest BCUT2D eigenvalue weighted by molar-refractivity contribution is -0.142. The summed E-state index contributed by atoms with van der Waals surface area (Å²) in [5.74, 6) is -1.41. The molecular formula is C14H19ClN2O3. The van der Waals surface area contributed by atoms with E-state index in [0.29, 0.717) is 23.7 Å². The van der Waals surface area contributed by atoms with Gasteiger partial charge in [0.05, 0.1) is 16.8 Å². The summed E-state index contributed by atoms with van der Waals surface area (Å²) in [6, 6.07) is 5.15. The number of benzene rings is 1. The van der Waals surface area contributed by atoms with E-state index in [2.05, 4.69) is 5.32 Å². The Morgan fingerprint density at radius 1 is 1.45 bits per heavy atom. The van der Waals surface area contributed by atoms with Crippen molar-refractivity contribution >= 4 is 29.1 Å². The van der Waals surface area contributed by atoms with Crippen LogP contribution in [0.2, 0.25) is 5.02 Å². The Labute approximate surface area is 123 Å². The molecule has 2 amide bonds. The van der Waals surface area contributed by atoms with Crippen LogP contribution in [0.1, 0.15) is 18.9 Å². The molecule has 1 aromatic rings. The van der Waals surface area contributed by atoms with Gasteiger partial charge in [0.1, 0.15) is 0 Å². The number of carbonyl (C=O) groups is 2. The molecule has 0 bridgehead atoms. The van der Waals surface area contributed by atoms with Gasteiger partial charge in [0.25, 0.3) is 0 Å². The molecule has 0 saturated carbocycles. The van der Waals surface area contributed by atoms with Crippen molar-refractivity contribution in [1.29, 1.82) is 0 Å². The number of amides is 2. The number of hydrogen-bond acceptors (Lipinski definition) is 3. The van der Waals surface area contributed by atoms with Gasteiger partial charge in [0.2, 0.25) is 0 Å². The summed E-state index contributed by atoms with van der Waals surface area (Å²) in [5, 5.41) is 12.0. The zero-order chi connectivity index (χ0) is 15.3. The van der Waals surface area contributed by atoms with E-state index in [4.69, 9.17) is 16.7 Å². The lowest BCUT2D eigenvalue weighted by Gasteiger charge is -2.17. The Morgan fingerprint density at radius 3 is 2.65 bits per heavy atom. The van der Waals surface area contributed by atoms with E-state index in [1.807, 2.05) is 6.92 Å². The van der Waals surface area contributed by atoms with Crippen LogP contribution in [0.25, 0.3) is 0 Å². The van der Waals surface area contributed by atoms with E-state index in [0.717, 1.165) is 5.56 Å². The molecule has 110 valence electrons. The number of hydrogen-bond donors (Lipinski definition) is 2. The van der Waals surface area contributed by atoms with Gasteiger partial charge in [0.15, 0.2) is 0 Å². The first-order chi connectivity index (χ1) is 9.31. The maximum absolute atomic E-state index is 11.8. The van der Waals surface area contributed by atoms with Gasteiger partial charge in [-0.15, -0.1) is 0 Å².